The van der Waals surface area contributed by atoms with Gasteiger partial charge in [-0.3, -0.25) is 0 Å². The standard InChI is InChI=1S/C27H31NO3/c1-20(2)28(21(3)4)26(29)31-25(22-14-8-5-9-15-22)27(30,23-16-10-6-11-17-23)24-18-12-7-13-19-24/h5-21,25,30H,1-4H3/t25-/m1/s1. The summed E-state index contributed by atoms with van der Waals surface area (Å²) in [6, 6.07) is 28.1. The minimum Gasteiger partial charge on any atom is -0.437 e. The molecule has 0 spiro atoms. The normalized spacial score (nSPS) is 12.6. The Bertz CT molecular complexity index is 908. The van der Waals surface area contributed by atoms with Crippen LogP contribution in [0.25, 0.3) is 0 Å². The highest BCUT2D eigenvalue weighted by molar-refractivity contribution is 5.69. The van der Waals surface area contributed by atoms with Crippen LogP contribution < -0.4 is 0 Å². The van der Waals surface area contributed by atoms with Crippen molar-refractivity contribution in [1.29, 1.82) is 0 Å². The molecule has 0 unspecified atom stereocenters. The molecule has 0 heterocycles. The number of rotatable bonds is 7. The molecule has 0 aromatic heterocycles. The lowest BCUT2D eigenvalue weighted by Gasteiger charge is -2.39. The maximum absolute atomic E-state index is 13.3. The molecule has 0 fully saturated rings. The number of aliphatic hydroxyl groups is 1. The molecule has 3 aromatic rings. The first-order chi connectivity index (χ1) is 14.9. The van der Waals surface area contributed by atoms with Gasteiger partial charge in [0.15, 0.2) is 11.7 Å². The molecule has 0 aliphatic carbocycles. The molecule has 3 aromatic carbocycles. The maximum Gasteiger partial charge on any atom is 0.410 e. The van der Waals surface area contributed by atoms with Crippen LogP contribution in [-0.2, 0) is 10.3 Å². The fourth-order valence-electron chi connectivity index (χ4n) is 4.06. The van der Waals surface area contributed by atoms with E-state index in [1.807, 2.05) is 119 Å². The second-order valence-electron chi connectivity index (χ2n) is 8.27. The number of hydrogen-bond donors (Lipinski definition) is 1. The summed E-state index contributed by atoms with van der Waals surface area (Å²) in [5, 5.41) is 12.3. The lowest BCUT2D eigenvalue weighted by molar-refractivity contribution is -0.0715. The van der Waals surface area contributed by atoms with Crippen molar-refractivity contribution in [3.63, 3.8) is 0 Å². The Hall–Kier alpha value is -3.11. The van der Waals surface area contributed by atoms with Crippen molar-refractivity contribution in [1.82, 2.24) is 4.90 Å². The lowest BCUT2D eigenvalue weighted by Crippen LogP contribution is -2.45. The minimum absolute atomic E-state index is 0.0366. The summed E-state index contributed by atoms with van der Waals surface area (Å²) in [7, 11) is 0. The third-order valence-corrected chi connectivity index (χ3v) is 5.45. The third kappa shape index (κ3) is 4.80. The zero-order valence-electron chi connectivity index (χ0n) is 18.6. The summed E-state index contributed by atoms with van der Waals surface area (Å²) < 4.78 is 6.13. The SMILES string of the molecule is CC(C)N(C(=O)O[C@H](c1ccccc1)C(O)(c1ccccc1)c1ccccc1)C(C)C. The third-order valence-electron chi connectivity index (χ3n) is 5.45. The minimum atomic E-state index is -1.57. The smallest absolute Gasteiger partial charge is 0.410 e. The average Bonchev–Trinajstić information content (AvgIpc) is 2.78. The van der Waals surface area contributed by atoms with E-state index < -0.39 is 17.8 Å². The monoisotopic (exact) mass is 417 g/mol. The van der Waals surface area contributed by atoms with Crippen LogP contribution in [0.1, 0.15) is 50.5 Å². The van der Waals surface area contributed by atoms with Crippen LogP contribution in [0.5, 0.6) is 0 Å². The van der Waals surface area contributed by atoms with E-state index in [9.17, 15) is 9.90 Å². The van der Waals surface area contributed by atoms with E-state index in [4.69, 9.17) is 4.74 Å². The van der Waals surface area contributed by atoms with Gasteiger partial charge in [0.05, 0.1) is 0 Å². The Morgan fingerprint density at radius 3 is 1.52 bits per heavy atom. The molecule has 31 heavy (non-hydrogen) atoms. The zero-order chi connectivity index (χ0) is 22.4. The second kappa shape index (κ2) is 9.80. The Labute approximate surface area is 185 Å². The number of carbonyl (C=O) groups excluding carboxylic acids is 1. The first-order valence-corrected chi connectivity index (χ1v) is 10.7. The van der Waals surface area contributed by atoms with Crippen LogP contribution in [0.15, 0.2) is 91.0 Å². The Morgan fingerprint density at radius 2 is 1.13 bits per heavy atom. The van der Waals surface area contributed by atoms with Crippen molar-refractivity contribution in [2.75, 3.05) is 0 Å². The molecule has 1 atom stereocenters. The summed E-state index contributed by atoms with van der Waals surface area (Å²) in [4.78, 5) is 15.0. The van der Waals surface area contributed by atoms with Crippen molar-refractivity contribution in [2.45, 2.75) is 51.5 Å². The summed E-state index contributed by atoms with van der Waals surface area (Å²) in [6.45, 7) is 7.83. The average molecular weight is 418 g/mol. The van der Waals surface area contributed by atoms with Crippen LogP contribution in [0.4, 0.5) is 4.79 Å². The van der Waals surface area contributed by atoms with Gasteiger partial charge < -0.3 is 14.7 Å². The zero-order valence-corrected chi connectivity index (χ0v) is 18.6. The van der Waals surface area contributed by atoms with Gasteiger partial charge >= 0.3 is 6.09 Å². The van der Waals surface area contributed by atoms with Gasteiger partial charge in [-0.05, 0) is 44.4 Å². The fraction of sp³-hybridized carbons (Fsp3) is 0.296. The molecule has 0 saturated carbocycles. The van der Waals surface area contributed by atoms with E-state index in [1.165, 1.54) is 0 Å². The molecule has 4 nitrogen and oxygen atoms in total. The molecule has 1 amide bonds. The van der Waals surface area contributed by atoms with Gasteiger partial charge in [0, 0.05) is 12.1 Å². The van der Waals surface area contributed by atoms with Gasteiger partial charge in [-0.1, -0.05) is 91.0 Å². The molecule has 0 bridgehead atoms. The van der Waals surface area contributed by atoms with Gasteiger partial charge in [-0.2, -0.15) is 0 Å². The van der Waals surface area contributed by atoms with E-state index >= 15 is 0 Å². The highest BCUT2D eigenvalue weighted by Gasteiger charge is 2.44. The highest BCUT2D eigenvalue weighted by Crippen LogP contribution is 2.43. The van der Waals surface area contributed by atoms with Crippen molar-refractivity contribution < 1.29 is 14.6 Å². The van der Waals surface area contributed by atoms with Crippen LogP contribution in [0.3, 0.4) is 0 Å². The summed E-state index contributed by atoms with van der Waals surface area (Å²) >= 11 is 0. The first kappa shape index (κ1) is 22.6. The van der Waals surface area contributed by atoms with Gasteiger partial charge in [0.1, 0.15) is 0 Å². The molecule has 1 N–H and O–H groups in total. The molecule has 0 aliphatic heterocycles. The topological polar surface area (TPSA) is 49.8 Å². The van der Waals surface area contributed by atoms with E-state index in [1.54, 1.807) is 4.90 Å². The predicted molar refractivity (Wildman–Crippen MR) is 124 cm³/mol. The van der Waals surface area contributed by atoms with Crippen molar-refractivity contribution >= 4 is 6.09 Å². The highest BCUT2D eigenvalue weighted by atomic mass is 16.6. The number of hydrogen-bond acceptors (Lipinski definition) is 3. The number of benzene rings is 3. The van der Waals surface area contributed by atoms with E-state index in [2.05, 4.69) is 0 Å². The molecule has 0 aliphatic rings. The van der Waals surface area contributed by atoms with Crippen LogP contribution >= 0.6 is 0 Å². The van der Waals surface area contributed by atoms with Crippen LogP contribution in [0, 0.1) is 0 Å². The first-order valence-electron chi connectivity index (χ1n) is 10.7. The maximum atomic E-state index is 13.3. The van der Waals surface area contributed by atoms with Gasteiger partial charge in [-0.25, -0.2) is 4.79 Å². The van der Waals surface area contributed by atoms with Gasteiger partial charge in [-0.15, -0.1) is 0 Å². The van der Waals surface area contributed by atoms with Gasteiger partial charge in [0.2, 0.25) is 0 Å². The van der Waals surface area contributed by atoms with Gasteiger partial charge in [0.25, 0.3) is 0 Å². The van der Waals surface area contributed by atoms with E-state index in [-0.39, 0.29) is 12.1 Å². The quantitative estimate of drug-likeness (QED) is 0.519. The number of carbonyl (C=O) groups is 1. The largest absolute Gasteiger partial charge is 0.437 e. The molecular weight excluding hydrogens is 386 g/mol. The van der Waals surface area contributed by atoms with E-state index in [0.29, 0.717) is 11.1 Å². The lowest BCUT2D eigenvalue weighted by atomic mass is 9.79. The molecule has 162 valence electrons. The number of amides is 1. The summed E-state index contributed by atoms with van der Waals surface area (Å²) in [5.74, 6) is 0. The summed E-state index contributed by atoms with van der Waals surface area (Å²) in [6.07, 6.45) is -1.39. The molecule has 0 saturated heterocycles. The van der Waals surface area contributed by atoms with E-state index in [0.717, 1.165) is 5.56 Å². The van der Waals surface area contributed by atoms with Crippen LogP contribution in [0.2, 0.25) is 0 Å². The van der Waals surface area contributed by atoms with Crippen molar-refractivity contribution in [2.24, 2.45) is 0 Å². The molecule has 3 rings (SSSR count). The fourth-order valence-corrected chi connectivity index (χ4v) is 4.06. The number of nitrogens with zero attached hydrogens (tertiary/aromatic N) is 1. The second-order valence-corrected chi connectivity index (χ2v) is 8.27. The Balaban J connectivity index is 2.17. The molecule has 0 radical (unpaired) electrons. The summed E-state index contributed by atoms with van der Waals surface area (Å²) in [5.41, 5.74) is 0.463. The van der Waals surface area contributed by atoms with Crippen LogP contribution in [-0.4, -0.2) is 28.2 Å². The Morgan fingerprint density at radius 1 is 0.742 bits per heavy atom. The van der Waals surface area contributed by atoms with Crippen molar-refractivity contribution in [3.8, 4) is 0 Å². The van der Waals surface area contributed by atoms with Crippen molar-refractivity contribution in [3.05, 3.63) is 108 Å². The number of ether oxygens (including phenoxy) is 1. The molecule has 4 heteroatoms. The predicted octanol–water partition coefficient (Wildman–Crippen LogP) is 5.92. The Kier molecular flexibility index (Phi) is 7.13. The molecular formula is C27H31NO3.